The molecular formula is C22H14Cl2N2O3. The molecule has 0 N–H and O–H groups in total. The lowest BCUT2D eigenvalue weighted by molar-refractivity contribution is 0.0375. The molecule has 29 heavy (non-hydrogen) atoms. The van der Waals surface area contributed by atoms with Gasteiger partial charge in [-0.3, -0.25) is 9.20 Å². The van der Waals surface area contributed by atoms with E-state index < -0.39 is 17.6 Å². The quantitative estimate of drug-likeness (QED) is 0.435. The predicted octanol–water partition coefficient (Wildman–Crippen LogP) is 4.95. The zero-order chi connectivity index (χ0) is 20.4. The normalized spacial score (nSPS) is 11.9. The number of pyridine rings is 1. The van der Waals surface area contributed by atoms with Crippen LogP contribution in [0.25, 0.3) is 5.65 Å². The molecule has 0 aliphatic rings. The SMILES string of the molecule is O=C(OC(c1ccc(Cl)cc1)c1ccccc1Cl)c1cnc2ccccn2c1=O. The van der Waals surface area contributed by atoms with E-state index in [1.54, 1.807) is 72.9 Å². The lowest BCUT2D eigenvalue weighted by atomic mass is 10.0. The molecule has 2 aromatic heterocycles. The van der Waals surface area contributed by atoms with Gasteiger partial charge in [0.05, 0.1) is 0 Å². The van der Waals surface area contributed by atoms with Gasteiger partial charge in [0.2, 0.25) is 0 Å². The fourth-order valence-electron chi connectivity index (χ4n) is 2.97. The van der Waals surface area contributed by atoms with Crippen LogP contribution in [0.15, 0.2) is 83.9 Å². The number of benzene rings is 2. The van der Waals surface area contributed by atoms with Gasteiger partial charge >= 0.3 is 5.97 Å². The van der Waals surface area contributed by atoms with Gasteiger partial charge in [0.25, 0.3) is 5.56 Å². The number of esters is 1. The Labute approximate surface area is 176 Å². The number of hydrogen-bond donors (Lipinski definition) is 0. The highest BCUT2D eigenvalue weighted by atomic mass is 35.5. The fraction of sp³-hybridized carbons (Fsp3) is 0.0455. The molecule has 0 saturated carbocycles. The molecule has 0 aliphatic carbocycles. The number of hydrogen-bond acceptors (Lipinski definition) is 4. The van der Waals surface area contributed by atoms with Crippen molar-refractivity contribution in [1.29, 1.82) is 0 Å². The van der Waals surface area contributed by atoms with Gasteiger partial charge in [-0.2, -0.15) is 0 Å². The summed E-state index contributed by atoms with van der Waals surface area (Å²) in [6, 6.07) is 19.1. The molecule has 0 radical (unpaired) electrons. The van der Waals surface area contributed by atoms with Crippen molar-refractivity contribution in [2.75, 3.05) is 0 Å². The molecule has 2 heterocycles. The van der Waals surface area contributed by atoms with E-state index in [2.05, 4.69) is 4.98 Å². The monoisotopic (exact) mass is 424 g/mol. The van der Waals surface area contributed by atoms with Gasteiger partial charge in [-0.25, -0.2) is 9.78 Å². The van der Waals surface area contributed by atoms with E-state index in [1.807, 2.05) is 0 Å². The van der Waals surface area contributed by atoms with E-state index in [1.165, 1.54) is 10.6 Å². The summed E-state index contributed by atoms with van der Waals surface area (Å²) in [7, 11) is 0. The molecule has 4 rings (SSSR count). The summed E-state index contributed by atoms with van der Waals surface area (Å²) < 4.78 is 7.03. The second-order valence-corrected chi connectivity index (χ2v) is 7.11. The maximum Gasteiger partial charge on any atom is 0.346 e. The molecule has 1 atom stereocenters. The minimum Gasteiger partial charge on any atom is -0.449 e. The summed E-state index contributed by atoms with van der Waals surface area (Å²) >= 11 is 12.3. The minimum absolute atomic E-state index is 0.167. The zero-order valence-corrected chi connectivity index (χ0v) is 16.5. The van der Waals surface area contributed by atoms with Crippen LogP contribution in [0, 0.1) is 0 Å². The van der Waals surface area contributed by atoms with Crippen molar-refractivity contribution in [1.82, 2.24) is 9.38 Å². The van der Waals surface area contributed by atoms with E-state index in [0.717, 1.165) is 0 Å². The molecule has 0 aliphatic heterocycles. The van der Waals surface area contributed by atoms with Crippen molar-refractivity contribution in [2.45, 2.75) is 6.10 Å². The van der Waals surface area contributed by atoms with Crippen LogP contribution in [0.1, 0.15) is 27.6 Å². The van der Waals surface area contributed by atoms with Crippen LogP contribution >= 0.6 is 23.2 Å². The number of ether oxygens (including phenoxy) is 1. The van der Waals surface area contributed by atoms with Crippen molar-refractivity contribution in [3.63, 3.8) is 0 Å². The number of aromatic nitrogens is 2. The van der Waals surface area contributed by atoms with Gasteiger partial charge in [-0.15, -0.1) is 0 Å². The number of nitrogens with zero attached hydrogens (tertiary/aromatic N) is 2. The molecular weight excluding hydrogens is 411 g/mol. The predicted molar refractivity (Wildman–Crippen MR) is 112 cm³/mol. The first kappa shape index (κ1) is 19.2. The first-order valence-electron chi connectivity index (χ1n) is 8.72. The number of rotatable bonds is 4. The molecule has 144 valence electrons. The van der Waals surface area contributed by atoms with Crippen LogP contribution in [-0.2, 0) is 4.74 Å². The topological polar surface area (TPSA) is 60.7 Å². The van der Waals surface area contributed by atoms with E-state index in [0.29, 0.717) is 26.8 Å². The zero-order valence-electron chi connectivity index (χ0n) is 15.0. The van der Waals surface area contributed by atoms with Gasteiger partial charge in [0, 0.05) is 28.0 Å². The van der Waals surface area contributed by atoms with Crippen LogP contribution in [0.4, 0.5) is 0 Å². The Kier molecular flexibility index (Phi) is 5.34. The summed E-state index contributed by atoms with van der Waals surface area (Å²) in [5.74, 6) is -0.791. The Bertz CT molecular complexity index is 1250. The van der Waals surface area contributed by atoms with E-state index >= 15 is 0 Å². The number of carbonyl (C=O) groups excluding carboxylic acids is 1. The molecule has 0 spiro atoms. The van der Waals surface area contributed by atoms with Crippen LogP contribution < -0.4 is 5.56 Å². The van der Waals surface area contributed by atoms with E-state index in [4.69, 9.17) is 27.9 Å². The average molecular weight is 425 g/mol. The molecule has 0 amide bonds. The van der Waals surface area contributed by atoms with Gasteiger partial charge in [-0.05, 0) is 35.9 Å². The molecule has 0 bridgehead atoms. The smallest absolute Gasteiger partial charge is 0.346 e. The molecule has 0 saturated heterocycles. The summed E-state index contributed by atoms with van der Waals surface area (Å²) in [6.45, 7) is 0. The highest BCUT2D eigenvalue weighted by molar-refractivity contribution is 6.31. The highest BCUT2D eigenvalue weighted by Crippen LogP contribution is 2.32. The largest absolute Gasteiger partial charge is 0.449 e. The summed E-state index contributed by atoms with van der Waals surface area (Å²) in [5.41, 5.74) is 1.03. The van der Waals surface area contributed by atoms with Crippen molar-refractivity contribution >= 4 is 34.8 Å². The van der Waals surface area contributed by atoms with Gasteiger partial charge in [-0.1, -0.05) is 59.6 Å². The Balaban J connectivity index is 1.76. The molecule has 4 aromatic rings. The Morgan fingerprint density at radius 1 is 0.966 bits per heavy atom. The third-order valence-electron chi connectivity index (χ3n) is 4.42. The third kappa shape index (κ3) is 3.88. The third-order valence-corrected chi connectivity index (χ3v) is 5.01. The Morgan fingerprint density at radius 2 is 1.69 bits per heavy atom. The van der Waals surface area contributed by atoms with E-state index in [-0.39, 0.29) is 5.56 Å². The number of fused-ring (bicyclic) bond motifs is 1. The molecule has 1 unspecified atom stereocenters. The maximum atomic E-state index is 12.9. The molecule has 7 heteroatoms. The summed E-state index contributed by atoms with van der Waals surface area (Å²) in [5, 5.41) is 0.989. The van der Waals surface area contributed by atoms with Crippen LogP contribution in [0.5, 0.6) is 0 Å². The van der Waals surface area contributed by atoms with Crippen molar-refractivity contribution in [2.24, 2.45) is 0 Å². The molecule has 0 fully saturated rings. The van der Waals surface area contributed by atoms with Crippen molar-refractivity contribution in [3.05, 3.63) is 116 Å². The highest BCUT2D eigenvalue weighted by Gasteiger charge is 2.24. The average Bonchev–Trinajstić information content (AvgIpc) is 2.74. The molecule has 5 nitrogen and oxygen atoms in total. The van der Waals surface area contributed by atoms with Gasteiger partial charge in [0.15, 0.2) is 6.10 Å². The van der Waals surface area contributed by atoms with Crippen LogP contribution in [0.2, 0.25) is 10.0 Å². The van der Waals surface area contributed by atoms with Crippen molar-refractivity contribution < 1.29 is 9.53 Å². The van der Waals surface area contributed by atoms with Gasteiger partial charge in [0.1, 0.15) is 11.2 Å². The van der Waals surface area contributed by atoms with Gasteiger partial charge < -0.3 is 4.74 Å². The lowest BCUT2D eigenvalue weighted by Gasteiger charge is -2.20. The standard InChI is InChI=1S/C22H14Cl2N2O3/c23-15-10-8-14(9-11-15)20(16-5-1-2-6-18(16)24)29-22(28)17-13-25-19-7-3-4-12-26(19)21(17)27/h1-13,20H. The lowest BCUT2D eigenvalue weighted by Crippen LogP contribution is -2.25. The second kappa shape index (κ2) is 8.07. The summed E-state index contributed by atoms with van der Waals surface area (Å²) in [4.78, 5) is 29.8. The maximum absolute atomic E-state index is 12.9. The first-order chi connectivity index (χ1) is 14.0. The summed E-state index contributed by atoms with van der Waals surface area (Å²) in [6.07, 6.45) is 1.96. The molecule has 2 aromatic carbocycles. The van der Waals surface area contributed by atoms with Crippen LogP contribution in [-0.4, -0.2) is 15.4 Å². The van der Waals surface area contributed by atoms with Crippen LogP contribution in [0.3, 0.4) is 0 Å². The second-order valence-electron chi connectivity index (χ2n) is 6.26. The minimum atomic E-state index is -0.815. The first-order valence-corrected chi connectivity index (χ1v) is 9.47. The Hall–Kier alpha value is -3.15. The Morgan fingerprint density at radius 3 is 2.45 bits per heavy atom. The number of carbonyl (C=O) groups is 1. The van der Waals surface area contributed by atoms with Crippen molar-refractivity contribution in [3.8, 4) is 0 Å². The fourth-order valence-corrected chi connectivity index (χ4v) is 3.33. The number of halogens is 2. The van der Waals surface area contributed by atoms with E-state index in [9.17, 15) is 9.59 Å².